The first-order chi connectivity index (χ1) is 12.6. The van der Waals surface area contributed by atoms with E-state index in [2.05, 4.69) is 25.1 Å². The molecule has 8 nitrogen and oxygen atoms in total. The Balaban J connectivity index is 1.48. The van der Waals surface area contributed by atoms with Gasteiger partial charge in [0.25, 0.3) is 0 Å². The van der Waals surface area contributed by atoms with E-state index >= 15 is 0 Å². The molecule has 0 spiro atoms. The van der Waals surface area contributed by atoms with E-state index in [1.165, 1.54) is 6.20 Å². The molecule has 1 aromatic carbocycles. The Hall–Kier alpha value is -2.61. The molecule has 2 aliphatic rings. The minimum absolute atomic E-state index is 0.0737. The molecule has 1 saturated carbocycles. The van der Waals surface area contributed by atoms with Crippen molar-refractivity contribution in [3.05, 3.63) is 45.6 Å². The summed E-state index contributed by atoms with van der Waals surface area (Å²) in [5.74, 6) is 0.841. The number of halogens is 1. The number of para-hydroxylation sites is 1. The maximum Gasteiger partial charge on any atom is 0.329 e. The lowest BCUT2D eigenvalue weighted by molar-refractivity contribution is -0.384. The SMILES string of the molecule is O=[N+]([O-])c1cnc(N2CCN(c3ccccc3Cl)CC2)nc1NC1CC1. The smallest absolute Gasteiger partial charge is 0.329 e. The maximum atomic E-state index is 11.2. The molecule has 1 aromatic heterocycles. The Morgan fingerprint density at radius 3 is 2.50 bits per heavy atom. The van der Waals surface area contributed by atoms with Crippen molar-refractivity contribution in [2.75, 3.05) is 41.3 Å². The van der Waals surface area contributed by atoms with Crippen molar-refractivity contribution in [3.63, 3.8) is 0 Å². The van der Waals surface area contributed by atoms with Crippen LogP contribution < -0.4 is 15.1 Å². The van der Waals surface area contributed by atoms with E-state index in [1.807, 2.05) is 24.3 Å². The van der Waals surface area contributed by atoms with Crippen molar-refractivity contribution in [3.8, 4) is 0 Å². The highest BCUT2D eigenvalue weighted by Gasteiger charge is 2.28. The third kappa shape index (κ3) is 3.50. The molecule has 26 heavy (non-hydrogen) atoms. The molecule has 0 atom stereocenters. The number of anilines is 3. The quantitative estimate of drug-likeness (QED) is 0.635. The second kappa shape index (κ2) is 6.95. The predicted octanol–water partition coefficient (Wildman–Crippen LogP) is 2.94. The summed E-state index contributed by atoms with van der Waals surface area (Å²) in [6, 6.07) is 8.08. The number of rotatable bonds is 5. The molecule has 9 heteroatoms. The van der Waals surface area contributed by atoms with Crippen LogP contribution in [0.25, 0.3) is 0 Å². The minimum Gasteiger partial charge on any atom is -0.367 e. The number of hydrogen-bond donors (Lipinski definition) is 1. The molecule has 1 aliphatic heterocycles. The van der Waals surface area contributed by atoms with E-state index in [0.717, 1.165) is 49.7 Å². The first kappa shape index (κ1) is 16.8. The second-order valence-electron chi connectivity index (χ2n) is 6.51. The lowest BCUT2D eigenvalue weighted by atomic mass is 10.2. The van der Waals surface area contributed by atoms with Crippen molar-refractivity contribution in [2.24, 2.45) is 0 Å². The number of piperazine rings is 1. The lowest BCUT2D eigenvalue weighted by Gasteiger charge is -2.36. The predicted molar refractivity (Wildman–Crippen MR) is 101 cm³/mol. The van der Waals surface area contributed by atoms with Gasteiger partial charge in [0.05, 0.1) is 15.6 Å². The molecule has 2 aromatic rings. The van der Waals surface area contributed by atoms with Crippen molar-refractivity contribution >= 4 is 34.7 Å². The Bertz CT molecular complexity index is 821. The summed E-state index contributed by atoms with van der Waals surface area (Å²) in [6.45, 7) is 3.03. The molecule has 0 amide bonds. The average molecular weight is 375 g/mol. The van der Waals surface area contributed by atoms with Crippen LogP contribution in [0.1, 0.15) is 12.8 Å². The van der Waals surface area contributed by atoms with Crippen LogP contribution in [0.3, 0.4) is 0 Å². The zero-order chi connectivity index (χ0) is 18.1. The summed E-state index contributed by atoms with van der Waals surface area (Å²) in [6.07, 6.45) is 3.34. The monoisotopic (exact) mass is 374 g/mol. The molecule has 1 N–H and O–H groups in total. The number of nitrogens with zero attached hydrogens (tertiary/aromatic N) is 5. The van der Waals surface area contributed by atoms with Gasteiger partial charge in [0, 0.05) is 32.2 Å². The second-order valence-corrected chi connectivity index (χ2v) is 6.91. The Kier molecular flexibility index (Phi) is 4.50. The number of hydrogen-bond acceptors (Lipinski definition) is 7. The molecule has 0 unspecified atom stereocenters. The summed E-state index contributed by atoms with van der Waals surface area (Å²) in [4.78, 5) is 23.7. The molecule has 1 saturated heterocycles. The van der Waals surface area contributed by atoms with E-state index in [1.54, 1.807) is 0 Å². The summed E-state index contributed by atoms with van der Waals surface area (Å²) in [5.41, 5.74) is 0.949. The number of benzene rings is 1. The molecule has 1 aliphatic carbocycles. The first-order valence-corrected chi connectivity index (χ1v) is 9.02. The van der Waals surface area contributed by atoms with Crippen LogP contribution in [0.5, 0.6) is 0 Å². The van der Waals surface area contributed by atoms with Gasteiger partial charge >= 0.3 is 5.69 Å². The highest BCUT2D eigenvalue weighted by Crippen LogP contribution is 2.31. The van der Waals surface area contributed by atoms with Crippen LogP contribution in [0.2, 0.25) is 5.02 Å². The lowest BCUT2D eigenvalue weighted by Crippen LogP contribution is -2.47. The highest BCUT2D eigenvalue weighted by atomic mass is 35.5. The highest BCUT2D eigenvalue weighted by molar-refractivity contribution is 6.33. The summed E-state index contributed by atoms with van der Waals surface area (Å²) < 4.78 is 0. The zero-order valence-electron chi connectivity index (χ0n) is 14.1. The van der Waals surface area contributed by atoms with E-state index in [9.17, 15) is 10.1 Å². The van der Waals surface area contributed by atoms with Gasteiger partial charge in [-0.1, -0.05) is 23.7 Å². The maximum absolute atomic E-state index is 11.2. The van der Waals surface area contributed by atoms with E-state index in [4.69, 9.17) is 11.6 Å². The van der Waals surface area contributed by atoms with Crippen molar-refractivity contribution in [2.45, 2.75) is 18.9 Å². The number of nitrogens with one attached hydrogen (secondary N) is 1. The third-order valence-electron chi connectivity index (χ3n) is 4.63. The molecule has 136 valence electrons. The standard InChI is InChI=1S/C17H19ClN6O2/c18-13-3-1-2-4-14(13)22-7-9-23(10-8-22)17-19-11-15(24(25)26)16(21-17)20-12-5-6-12/h1-4,11-12H,5-10H2,(H,19,20,21). The molecular formula is C17H19ClN6O2. The van der Waals surface area contributed by atoms with Crippen LogP contribution in [0.15, 0.2) is 30.5 Å². The zero-order valence-corrected chi connectivity index (χ0v) is 14.9. The Labute approximate surface area is 155 Å². The van der Waals surface area contributed by atoms with Gasteiger partial charge < -0.3 is 15.1 Å². The van der Waals surface area contributed by atoms with Crippen LogP contribution in [0.4, 0.5) is 23.1 Å². The molecule has 0 bridgehead atoms. The fourth-order valence-corrected chi connectivity index (χ4v) is 3.29. The Morgan fingerprint density at radius 1 is 1.15 bits per heavy atom. The molecular weight excluding hydrogens is 356 g/mol. The molecule has 2 heterocycles. The van der Waals surface area contributed by atoms with Crippen LogP contribution >= 0.6 is 11.6 Å². The van der Waals surface area contributed by atoms with Gasteiger partial charge in [-0.25, -0.2) is 4.98 Å². The van der Waals surface area contributed by atoms with Crippen LogP contribution in [-0.4, -0.2) is 47.1 Å². The molecule has 0 radical (unpaired) electrons. The summed E-state index contributed by atoms with van der Waals surface area (Å²) >= 11 is 6.28. The van der Waals surface area contributed by atoms with E-state index in [-0.39, 0.29) is 11.7 Å². The Morgan fingerprint density at radius 2 is 1.85 bits per heavy atom. The van der Waals surface area contributed by atoms with Crippen molar-refractivity contribution in [1.82, 2.24) is 9.97 Å². The van der Waals surface area contributed by atoms with E-state index < -0.39 is 4.92 Å². The number of aromatic nitrogens is 2. The molecule has 4 rings (SSSR count). The van der Waals surface area contributed by atoms with Gasteiger partial charge in [-0.2, -0.15) is 4.98 Å². The fourth-order valence-electron chi connectivity index (χ4n) is 3.03. The first-order valence-electron chi connectivity index (χ1n) is 8.64. The fraction of sp³-hybridized carbons (Fsp3) is 0.412. The van der Waals surface area contributed by atoms with Crippen LogP contribution in [0, 0.1) is 10.1 Å². The summed E-state index contributed by atoms with van der Waals surface area (Å²) in [7, 11) is 0. The van der Waals surface area contributed by atoms with Crippen molar-refractivity contribution < 1.29 is 4.92 Å². The van der Waals surface area contributed by atoms with Gasteiger partial charge in [0.2, 0.25) is 11.8 Å². The minimum atomic E-state index is -0.441. The van der Waals surface area contributed by atoms with Crippen LogP contribution in [-0.2, 0) is 0 Å². The summed E-state index contributed by atoms with van der Waals surface area (Å²) in [5, 5.41) is 15.1. The van der Waals surface area contributed by atoms with Gasteiger partial charge in [0.1, 0.15) is 6.20 Å². The topological polar surface area (TPSA) is 87.4 Å². The molecule has 2 fully saturated rings. The third-order valence-corrected chi connectivity index (χ3v) is 4.95. The number of nitro groups is 1. The van der Waals surface area contributed by atoms with Gasteiger partial charge in [-0.05, 0) is 25.0 Å². The van der Waals surface area contributed by atoms with Gasteiger partial charge in [-0.3, -0.25) is 10.1 Å². The largest absolute Gasteiger partial charge is 0.367 e. The van der Waals surface area contributed by atoms with Gasteiger partial charge in [-0.15, -0.1) is 0 Å². The normalized spacial score (nSPS) is 17.3. The average Bonchev–Trinajstić information content (AvgIpc) is 3.46. The van der Waals surface area contributed by atoms with Gasteiger partial charge in [0.15, 0.2) is 0 Å². The van der Waals surface area contributed by atoms with Crippen molar-refractivity contribution in [1.29, 1.82) is 0 Å². The van der Waals surface area contributed by atoms with E-state index in [0.29, 0.717) is 11.8 Å².